The van der Waals surface area contributed by atoms with Gasteiger partial charge in [0.1, 0.15) is 18.4 Å². The van der Waals surface area contributed by atoms with Crippen LogP contribution in [0.5, 0.6) is 5.75 Å². The summed E-state index contributed by atoms with van der Waals surface area (Å²) in [5.74, 6) is 0.133. The van der Waals surface area contributed by atoms with E-state index in [9.17, 15) is 14.4 Å². The van der Waals surface area contributed by atoms with E-state index in [4.69, 9.17) is 4.74 Å². The molecule has 1 aliphatic heterocycles. The first-order valence-electron chi connectivity index (χ1n) is 10.6. The Hall–Kier alpha value is -3.35. The summed E-state index contributed by atoms with van der Waals surface area (Å²) in [6.45, 7) is 2.64. The van der Waals surface area contributed by atoms with Crippen molar-refractivity contribution in [2.45, 2.75) is 31.8 Å². The predicted molar refractivity (Wildman–Crippen MR) is 116 cm³/mol. The Balaban J connectivity index is 1.30. The van der Waals surface area contributed by atoms with Gasteiger partial charge in [-0.15, -0.1) is 0 Å². The monoisotopic (exact) mass is 421 g/mol. The number of hydrogen-bond donors (Lipinski definition) is 1. The maximum Gasteiger partial charge on any atom is 0.255 e. The summed E-state index contributed by atoms with van der Waals surface area (Å²) in [5.41, 5.74) is 2.40. The molecule has 31 heavy (non-hydrogen) atoms. The van der Waals surface area contributed by atoms with Crippen LogP contribution in [-0.4, -0.2) is 60.3 Å². The average molecular weight is 421 g/mol. The highest BCUT2D eigenvalue weighted by atomic mass is 16.5. The van der Waals surface area contributed by atoms with Gasteiger partial charge < -0.3 is 19.9 Å². The van der Waals surface area contributed by atoms with E-state index in [0.29, 0.717) is 24.3 Å². The van der Waals surface area contributed by atoms with Gasteiger partial charge in [0.2, 0.25) is 11.8 Å². The molecule has 0 spiro atoms. The number of nitrogens with zero attached hydrogens (tertiary/aromatic N) is 2. The highest BCUT2D eigenvalue weighted by Gasteiger charge is 2.47. The average Bonchev–Trinajstić information content (AvgIpc) is 3.56. The second kappa shape index (κ2) is 8.79. The van der Waals surface area contributed by atoms with E-state index in [1.54, 1.807) is 24.1 Å². The van der Waals surface area contributed by atoms with Gasteiger partial charge in [-0.25, -0.2) is 0 Å². The summed E-state index contributed by atoms with van der Waals surface area (Å²) in [6.07, 6.45) is 1.82. The summed E-state index contributed by atoms with van der Waals surface area (Å²) in [4.78, 5) is 41.4. The van der Waals surface area contributed by atoms with E-state index in [0.717, 1.165) is 24.2 Å². The van der Waals surface area contributed by atoms with Gasteiger partial charge in [-0.3, -0.25) is 14.4 Å². The number of fused-ring (bicyclic) bond motifs is 1. The molecule has 1 N–H and O–H groups in total. The minimum atomic E-state index is -0.668. The van der Waals surface area contributed by atoms with Crippen molar-refractivity contribution in [1.82, 2.24) is 15.1 Å². The van der Waals surface area contributed by atoms with Crippen LogP contribution in [0.3, 0.4) is 0 Å². The molecule has 1 saturated carbocycles. The Labute approximate surface area is 182 Å². The van der Waals surface area contributed by atoms with Crippen molar-refractivity contribution in [3.05, 3.63) is 65.2 Å². The maximum absolute atomic E-state index is 13.0. The molecule has 0 saturated heterocycles. The van der Waals surface area contributed by atoms with Gasteiger partial charge in [0, 0.05) is 18.7 Å². The lowest BCUT2D eigenvalue weighted by Gasteiger charge is -2.25. The number of aryl methyl sites for hydroxylation is 1. The van der Waals surface area contributed by atoms with Gasteiger partial charge in [0.25, 0.3) is 5.91 Å². The molecule has 2 aromatic rings. The van der Waals surface area contributed by atoms with Gasteiger partial charge >= 0.3 is 0 Å². The highest BCUT2D eigenvalue weighted by Crippen LogP contribution is 2.41. The molecule has 162 valence electrons. The van der Waals surface area contributed by atoms with Crippen LogP contribution in [0, 0.1) is 6.92 Å². The molecule has 1 unspecified atom stereocenters. The molecular weight excluding hydrogens is 394 g/mol. The highest BCUT2D eigenvalue weighted by molar-refractivity contribution is 6.05. The van der Waals surface area contributed by atoms with Crippen molar-refractivity contribution in [2.24, 2.45) is 0 Å². The summed E-state index contributed by atoms with van der Waals surface area (Å²) >= 11 is 0. The number of rotatable bonds is 8. The van der Waals surface area contributed by atoms with E-state index in [-0.39, 0.29) is 30.3 Å². The zero-order valence-corrected chi connectivity index (χ0v) is 17.8. The van der Waals surface area contributed by atoms with Crippen molar-refractivity contribution in [3.63, 3.8) is 0 Å². The number of carbonyl (C=O) groups excluding carboxylic acids is 3. The van der Waals surface area contributed by atoms with Crippen LogP contribution in [-0.2, 0) is 9.59 Å². The van der Waals surface area contributed by atoms with Gasteiger partial charge in [0.05, 0.1) is 13.1 Å². The fourth-order valence-corrected chi connectivity index (χ4v) is 3.86. The first kappa shape index (κ1) is 20.9. The van der Waals surface area contributed by atoms with Crippen molar-refractivity contribution in [2.75, 3.05) is 26.7 Å². The Kier molecular flexibility index (Phi) is 5.93. The third-order valence-electron chi connectivity index (χ3n) is 5.71. The van der Waals surface area contributed by atoms with Crippen LogP contribution in [0.25, 0.3) is 0 Å². The SMILES string of the molecule is Cc1cccc(OCCN(C)C(=O)CNC(=O)C2c3ccccc3C(=O)N2C2CC2)c1. The molecule has 7 nitrogen and oxygen atoms in total. The van der Waals surface area contributed by atoms with E-state index in [1.807, 2.05) is 43.3 Å². The number of hydrogen-bond acceptors (Lipinski definition) is 4. The number of carbonyl (C=O) groups is 3. The van der Waals surface area contributed by atoms with E-state index >= 15 is 0 Å². The molecule has 4 rings (SSSR count). The first-order chi connectivity index (χ1) is 15.0. The largest absolute Gasteiger partial charge is 0.492 e. The molecule has 1 fully saturated rings. The fourth-order valence-electron chi connectivity index (χ4n) is 3.86. The molecule has 1 atom stereocenters. The Morgan fingerprint density at radius 1 is 1.16 bits per heavy atom. The number of nitrogens with one attached hydrogen (secondary N) is 1. The van der Waals surface area contributed by atoms with Crippen LogP contribution in [0.2, 0.25) is 0 Å². The van der Waals surface area contributed by atoms with Crippen molar-refractivity contribution in [1.29, 1.82) is 0 Å². The first-order valence-corrected chi connectivity index (χ1v) is 10.6. The Morgan fingerprint density at radius 3 is 2.68 bits per heavy atom. The summed E-state index contributed by atoms with van der Waals surface area (Å²) < 4.78 is 5.69. The number of likely N-dealkylation sites (N-methyl/N-ethyl adjacent to an activating group) is 1. The minimum absolute atomic E-state index is 0.102. The van der Waals surface area contributed by atoms with Crippen molar-refractivity contribution in [3.8, 4) is 5.75 Å². The van der Waals surface area contributed by atoms with Crippen molar-refractivity contribution >= 4 is 17.7 Å². The minimum Gasteiger partial charge on any atom is -0.492 e. The van der Waals surface area contributed by atoms with E-state index in [1.165, 1.54) is 4.90 Å². The molecule has 2 aliphatic rings. The lowest BCUT2D eigenvalue weighted by Crippen LogP contribution is -2.44. The molecule has 2 aromatic carbocycles. The van der Waals surface area contributed by atoms with Crippen LogP contribution < -0.4 is 10.1 Å². The normalized spacial score (nSPS) is 17.3. The predicted octanol–water partition coefficient (Wildman–Crippen LogP) is 2.31. The fraction of sp³-hybridized carbons (Fsp3) is 0.375. The van der Waals surface area contributed by atoms with E-state index < -0.39 is 6.04 Å². The topological polar surface area (TPSA) is 79.0 Å². The van der Waals surface area contributed by atoms with Crippen molar-refractivity contribution < 1.29 is 19.1 Å². The van der Waals surface area contributed by atoms with E-state index in [2.05, 4.69) is 5.32 Å². The zero-order chi connectivity index (χ0) is 22.0. The van der Waals surface area contributed by atoms with Gasteiger partial charge in [0.15, 0.2) is 0 Å². The Bertz CT molecular complexity index is 1000. The quantitative estimate of drug-likeness (QED) is 0.710. The smallest absolute Gasteiger partial charge is 0.255 e. The van der Waals surface area contributed by atoms with Crippen LogP contribution >= 0.6 is 0 Å². The van der Waals surface area contributed by atoms with Crippen LogP contribution in [0.4, 0.5) is 0 Å². The molecule has 0 radical (unpaired) electrons. The third kappa shape index (κ3) is 4.55. The summed E-state index contributed by atoms with van der Waals surface area (Å²) in [5, 5.41) is 2.73. The van der Waals surface area contributed by atoms with Gasteiger partial charge in [-0.1, -0.05) is 30.3 Å². The zero-order valence-electron chi connectivity index (χ0n) is 17.8. The molecule has 1 aliphatic carbocycles. The maximum atomic E-state index is 13.0. The molecule has 1 heterocycles. The van der Waals surface area contributed by atoms with Crippen LogP contribution in [0.1, 0.15) is 40.4 Å². The molecular formula is C24H27N3O4. The lowest BCUT2D eigenvalue weighted by molar-refractivity contribution is -0.133. The number of benzene rings is 2. The van der Waals surface area contributed by atoms with Gasteiger partial charge in [-0.2, -0.15) is 0 Å². The second-order valence-electron chi connectivity index (χ2n) is 8.13. The van der Waals surface area contributed by atoms with Gasteiger partial charge in [-0.05, 0) is 49.1 Å². The summed E-state index contributed by atoms with van der Waals surface area (Å²) in [7, 11) is 1.68. The molecule has 3 amide bonds. The number of ether oxygens (including phenoxy) is 1. The Morgan fingerprint density at radius 2 is 1.94 bits per heavy atom. The number of amides is 3. The standard InChI is InChI=1S/C24H27N3O4/c1-16-6-5-7-18(14-16)31-13-12-26(2)21(28)15-25-23(29)22-19-8-3-4-9-20(19)24(30)27(22)17-10-11-17/h3-9,14,17,22H,10-13,15H2,1-2H3,(H,25,29). The van der Waals surface area contributed by atoms with Crippen LogP contribution in [0.15, 0.2) is 48.5 Å². The molecule has 0 aromatic heterocycles. The third-order valence-corrected chi connectivity index (χ3v) is 5.71. The second-order valence-corrected chi connectivity index (χ2v) is 8.13. The molecule has 7 heteroatoms. The lowest BCUT2D eigenvalue weighted by atomic mass is 10.0. The molecule has 0 bridgehead atoms. The summed E-state index contributed by atoms with van der Waals surface area (Å²) in [6, 6.07) is 14.4.